The number of rotatable bonds is 15. The first-order chi connectivity index (χ1) is 23.7. The number of aromatic nitrogens is 3. The standard InChI is InChI=1S/C33H33N7O6S3/c41-28(34-19-7-10-22-25(16-19)44-31(47)37-22)4-1-13-40(14-2-5-29(42)35-20-8-11-23-26(17-20)45-32(48)38-23)15-3-6-30(43)36-21-9-12-24-27(18-21)46-33(49)39-24/h7-12,16-18H,1-6,13-15H2,(H,34,41)(H,35,42)(H,36,43)(H,37,47)(H,38,48)(H,39,49). The molecule has 0 unspecified atom stereocenters. The Morgan fingerprint density at radius 3 is 1.14 bits per heavy atom. The Hall–Kier alpha value is -4.90. The summed E-state index contributed by atoms with van der Waals surface area (Å²) in [5.74, 6) is -0.387. The molecule has 3 aromatic heterocycles. The highest BCUT2D eigenvalue weighted by Gasteiger charge is 2.13. The van der Waals surface area contributed by atoms with E-state index in [9.17, 15) is 14.4 Å². The van der Waals surface area contributed by atoms with Crippen LogP contribution in [-0.4, -0.2) is 57.2 Å². The van der Waals surface area contributed by atoms with Crippen LogP contribution in [-0.2, 0) is 14.4 Å². The van der Waals surface area contributed by atoms with E-state index in [1.165, 1.54) is 0 Å². The third kappa shape index (κ3) is 9.38. The third-order valence-corrected chi connectivity index (χ3v) is 8.30. The lowest BCUT2D eigenvalue weighted by atomic mass is 10.2. The summed E-state index contributed by atoms with van der Waals surface area (Å²) >= 11 is 15.1. The number of hydrogen-bond donors (Lipinski definition) is 6. The topological polar surface area (TPSA) is 177 Å². The molecule has 6 N–H and O–H groups in total. The molecule has 0 spiro atoms. The van der Waals surface area contributed by atoms with Gasteiger partial charge in [0.15, 0.2) is 16.7 Å². The maximum Gasteiger partial charge on any atom is 0.266 e. The Morgan fingerprint density at radius 1 is 0.531 bits per heavy atom. The minimum absolute atomic E-state index is 0.129. The highest BCUT2D eigenvalue weighted by molar-refractivity contribution is 7.71. The van der Waals surface area contributed by atoms with Crippen LogP contribution in [0, 0.1) is 14.5 Å². The first-order valence-corrected chi connectivity index (χ1v) is 16.9. The Morgan fingerprint density at radius 2 is 0.837 bits per heavy atom. The van der Waals surface area contributed by atoms with Gasteiger partial charge in [0.05, 0.1) is 16.6 Å². The molecule has 0 atom stereocenters. The molecule has 13 nitrogen and oxygen atoms in total. The second-order valence-corrected chi connectivity index (χ2v) is 12.6. The van der Waals surface area contributed by atoms with E-state index in [-0.39, 0.29) is 32.2 Å². The molecule has 6 aromatic rings. The lowest BCUT2D eigenvalue weighted by Gasteiger charge is -2.22. The fraction of sp³-hybridized carbons (Fsp3) is 0.273. The van der Waals surface area contributed by atoms with Crippen LogP contribution in [0.5, 0.6) is 0 Å². The normalized spacial score (nSPS) is 11.4. The van der Waals surface area contributed by atoms with Gasteiger partial charge in [-0.25, -0.2) is 0 Å². The quantitative estimate of drug-likeness (QED) is 0.0571. The van der Waals surface area contributed by atoms with Crippen molar-refractivity contribution in [2.75, 3.05) is 35.6 Å². The number of H-pyrrole nitrogens is 3. The zero-order valence-corrected chi connectivity index (χ0v) is 28.6. The minimum atomic E-state index is -0.129. The van der Waals surface area contributed by atoms with Crippen molar-refractivity contribution in [1.82, 2.24) is 19.9 Å². The van der Waals surface area contributed by atoms with Crippen molar-refractivity contribution < 1.29 is 27.6 Å². The summed E-state index contributed by atoms with van der Waals surface area (Å²) in [4.78, 5) is 50.0. The molecule has 49 heavy (non-hydrogen) atoms. The third-order valence-electron chi connectivity index (χ3n) is 7.75. The van der Waals surface area contributed by atoms with E-state index >= 15 is 0 Å². The van der Waals surface area contributed by atoms with Gasteiger partial charge in [-0.05, 0) is 112 Å². The number of aromatic amines is 3. The molecule has 6 rings (SSSR count). The molecular formula is C33H33N7O6S3. The number of oxazole rings is 3. The Bertz CT molecular complexity index is 2060. The van der Waals surface area contributed by atoms with E-state index < -0.39 is 0 Å². The lowest BCUT2D eigenvalue weighted by Crippen LogP contribution is -2.29. The summed E-state index contributed by atoms with van der Waals surface area (Å²) in [5.41, 5.74) is 5.83. The summed E-state index contributed by atoms with van der Waals surface area (Å²) < 4.78 is 16.3. The lowest BCUT2D eigenvalue weighted by molar-refractivity contribution is -0.117. The maximum atomic E-state index is 12.7. The zero-order valence-electron chi connectivity index (χ0n) is 26.2. The highest BCUT2D eigenvalue weighted by atomic mass is 32.1. The van der Waals surface area contributed by atoms with Gasteiger partial charge >= 0.3 is 0 Å². The van der Waals surface area contributed by atoms with Crippen LogP contribution in [0.2, 0.25) is 0 Å². The maximum absolute atomic E-state index is 12.7. The molecular weight excluding hydrogens is 687 g/mol. The minimum Gasteiger partial charge on any atom is -0.429 e. The molecule has 3 amide bonds. The fourth-order valence-electron chi connectivity index (χ4n) is 5.46. The predicted molar refractivity (Wildman–Crippen MR) is 194 cm³/mol. The first-order valence-electron chi connectivity index (χ1n) is 15.7. The van der Waals surface area contributed by atoms with E-state index in [1.807, 2.05) is 0 Å². The van der Waals surface area contributed by atoms with Gasteiger partial charge in [-0.1, -0.05) is 0 Å². The van der Waals surface area contributed by atoms with Crippen LogP contribution in [0.4, 0.5) is 17.1 Å². The number of fused-ring (bicyclic) bond motifs is 3. The predicted octanol–water partition coefficient (Wildman–Crippen LogP) is 7.96. The summed E-state index contributed by atoms with van der Waals surface area (Å²) in [6.45, 7) is 1.85. The molecule has 0 aliphatic rings. The molecule has 0 aliphatic carbocycles. The van der Waals surface area contributed by atoms with Crippen molar-refractivity contribution in [2.24, 2.45) is 0 Å². The van der Waals surface area contributed by atoms with Gasteiger partial charge < -0.3 is 49.1 Å². The number of carbonyl (C=O) groups excluding carboxylic acids is 3. The Kier molecular flexibility index (Phi) is 10.8. The summed E-state index contributed by atoms with van der Waals surface area (Å²) in [7, 11) is 0. The molecule has 0 fully saturated rings. The van der Waals surface area contributed by atoms with Crippen LogP contribution < -0.4 is 16.0 Å². The van der Waals surface area contributed by atoms with Crippen molar-refractivity contribution in [1.29, 1.82) is 0 Å². The largest absolute Gasteiger partial charge is 0.429 e. The SMILES string of the molecule is O=C(CCCN(CCCC(=O)Nc1ccc2[nH]c(=S)oc2c1)CCCC(=O)Nc1ccc2[nH]c(=S)oc2c1)Nc1ccc2[nH]c(=S)oc2c1. The number of anilines is 3. The van der Waals surface area contributed by atoms with Crippen LogP contribution in [0.3, 0.4) is 0 Å². The molecule has 0 saturated carbocycles. The van der Waals surface area contributed by atoms with E-state index in [0.29, 0.717) is 92.0 Å². The molecule has 254 valence electrons. The molecule has 0 saturated heterocycles. The van der Waals surface area contributed by atoms with E-state index in [4.69, 9.17) is 49.9 Å². The Balaban J connectivity index is 0.992. The summed E-state index contributed by atoms with van der Waals surface area (Å²) in [5, 5.41) is 8.71. The average molecular weight is 720 g/mol. The van der Waals surface area contributed by atoms with Crippen molar-refractivity contribution >= 4 is 105 Å². The number of nitrogens with one attached hydrogen (secondary N) is 6. The second-order valence-electron chi connectivity index (χ2n) is 11.5. The molecule has 16 heteroatoms. The second kappa shape index (κ2) is 15.5. The number of hydrogen-bond acceptors (Lipinski definition) is 10. The molecule has 0 aliphatic heterocycles. The molecule has 0 radical (unpaired) electrons. The van der Waals surface area contributed by atoms with Crippen molar-refractivity contribution in [2.45, 2.75) is 38.5 Å². The van der Waals surface area contributed by atoms with Crippen molar-refractivity contribution in [3.05, 3.63) is 69.1 Å². The van der Waals surface area contributed by atoms with Gasteiger partial charge in [-0.3, -0.25) is 14.4 Å². The number of carbonyl (C=O) groups is 3. The van der Waals surface area contributed by atoms with Crippen LogP contribution in [0.15, 0.2) is 67.8 Å². The number of amides is 3. The fourth-order valence-corrected chi connectivity index (χ4v) is 6.06. The van der Waals surface area contributed by atoms with E-state index in [1.54, 1.807) is 54.6 Å². The van der Waals surface area contributed by atoms with Gasteiger partial charge in [0.1, 0.15) is 0 Å². The first kappa shape index (κ1) is 34.0. The van der Waals surface area contributed by atoms with Gasteiger partial charge in [0.25, 0.3) is 14.5 Å². The smallest absolute Gasteiger partial charge is 0.266 e. The van der Waals surface area contributed by atoms with E-state index in [2.05, 4.69) is 35.8 Å². The zero-order chi connectivity index (χ0) is 34.3. The Labute approximate surface area is 294 Å². The molecule has 3 heterocycles. The molecule has 3 aromatic carbocycles. The van der Waals surface area contributed by atoms with Crippen LogP contribution >= 0.6 is 36.7 Å². The highest BCUT2D eigenvalue weighted by Crippen LogP contribution is 2.21. The van der Waals surface area contributed by atoms with Gasteiger partial charge in [-0.2, -0.15) is 0 Å². The number of nitrogens with zero attached hydrogens (tertiary/aromatic N) is 1. The van der Waals surface area contributed by atoms with Gasteiger partial charge in [-0.15, -0.1) is 0 Å². The number of benzene rings is 3. The van der Waals surface area contributed by atoms with Crippen LogP contribution in [0.1, 0.15) is 38.5 Å². The van der Waals surface area contributed by atoms with Gasteiger partial charge in [0, 0.05) is 54.5 Å². The summed E-state index contributed by atoms with van der Waals surface area (Å²) in [6.07, 6.45) is 2.66. The monoisotopic (exact) mass is 719 g/mol. The van der Waals surface area contributed by atoms with Crippen molar-refractivity contribution in [3.63, 3.8) is 0 Å². The summed E-state index contributed by atoms with van der Waals surface area (Å²) in [6, 6.07) is 15.9. The van der Waals surface area contributed by atoms with E-state index in [0.717, 1.165) is 16.6 Å². The molecule has 0 bridgehead atoms. The average Bonchev–Trinajstić information content (AvgIpc) is 3.73. The van der Waals surface area contributed by atoms with Crippen LogP contribution in [0.25, 0.3) is 33.3 Å². The van der Waals surface area contributed by atoms with Gasteiger partial charge in [0.2, 0.25) is 17.7 Å². The van der Waals surface area contributed by atoms with Crippen molar-refractivity contribution in [3.8, 4) is 0 Å².